The first-order chi connectivity index (χ1) is 10.9. The van der Waals surface area contributed by atoms with Gasteiger partial charge < -0.3 is 9.64 Å². The van der Waals surface area contributed by atoms with Crippen LogP contribution in [-0.4, -0.2) is 49.0 Å². The minimum Gasteiger partial charge on any atom is -0.370 e. The van der Waals surface area contributed by atoms with Crippen LogP contribution in [0.2, 0.25) is 0 Å². The summed E-state index contributed by atoms with van der Waals surface area (Å²) >= 11 is 0. The van der Waals surface area contributed by atoms with Crippen molar-refractivity contribution in [3.05, 3.63) is 35.4 Å². The highest BCUT2D eigenvalue weighted by molar-refractivity contribution is 5.85. The summed E-state index contributed by atoms with van der Waals surface area (Å²) in [6.07, 6.45) is -1.14. The van der Waals surface area contributed by atoms with Gasteiger partial charge in [-0.15, -0.1) is 12.4 Å². The summed E-state index contributed by atoms with van der Waals surface area (Å²) in [5.74, 6) is -5.26. The Labute approximate surface area is 142 Å². The highest BCUT2D eigenvalue weighted by Gasteiger charge is 2.44. The van der Waals surface area contributed by atoms with Crippen LogP contribution in [0.4, 0.5) is 17.6 Å². The fraction of sp³-hybridized carbons (Fsp3) is 0.533. The summed E-state index contributed by atoms with van der Waals surface area (Å²) < 4.78 is 58.2. The fourth-order valence-electron chi connectivity index (χ4n) is 2.87. The Hall–Kier alpha value is -1.38. The van der Waals surface area contributed by atoms with Gasteiger partial charge in [0.25, 0.3) is 5.92 Å². The van der Waals surface area contributed by atoms with E-state index in [0.717, 1.165) is 12.1 Å². The highest BCUT2D eigenvalue weighted by atomic mass is 35.5. The lowest BCUT2D eigenvalue weighted by atomic mass is 10.1. The third-order valence-corrected chi connectivity index (χ3v) is 4.10. The van der Waals surface area contributed by atoms with E-state index in [1.165, 1.54) is 11.0 Å². The van der Waals surface area contributed by atoms with E-state index < -0.39 is 48.6 Å². The molecule has 2 saturated heterocycles. The van der Waals surface area contributed by atoms with Crippen LogP contribution in [0, 0.1) is 11.6 Å². The molecule has 0 bridgehead atoms. The van der Waals surface area contributed by atoms with Gasteiger partial charge in [-0.25, -0.2) is 17.6 Å². The molecule has 3 rings (SSSR count). The third-order valence-electron chi connectivity index (χ3n) is 4.10. The molecule has 1 amide bonds. The highest BCUT2D eigenvalue weighted by Crippen LogP contribution is 2.28. The molecule has 2 aliphatic rings. The van der Waals surface area contributed by atoms with Crippen molar-refractivity contribution in [3.8, 4) is 0 Å². The molecular weight excluding hydrogens is 352 g/mol. The van der Waals surface area contributed by atoms with Gasteiger partial charge >= 0.3 is 0 Å². The average Bonchev–Trinajstić information content (AvgIpc) is 2.89. The van der Waals surface area contributed by atoms with Crippen LogP contribution in [0.15, 0.2) is 18.2 Å². The molecular formula is C15H17ClF4N2O2. The monoisotopic (exact) mass is 368 g/mol. The van der Waals surface area contributed by atoms with Crippen molar-refractivity contribution in [2.24, 2.45) is 0 Å². The van der Waals surface area contributed by atoms with Gasteiger partial charge in [0.1, 0.15) is 6.10 Å². The number of ether oxygens (including phenoxy) is 1. The molecule has 134 valence electrons. The van der Waals surface area contributed by atoms with Crippen molar-refractivity contribution in [2.45, 2.75) is 24.5 Å². The number of rotatable bonds is 2. The van der Waals surface area contributed by atoms with Gasteiger partial charge in [-0.05, 0) is 17.7 Å². The van der Waals surface area contributed by atoms with Gasteiger partial charge in [0.15, 0.2) is 11.6 Å². The number of halogens is 5. The number of nitrogens with zero attached hydrogens (tertiary/aromatic N) is 1. The first-order valence-corrected chi connectivity index (χ1v) is 7.32. The Kier molecular flexibility index (Phi) is 5.72. The van der Waals surface area contributed by atoms with Gasteiger partial charge in [0, 0.05) is 13.0 Å². The van der Waals surface area contributed by atoms with E-state index in [-0.39, 0.29) is 32.1 Å². The first kappa shape index (κ1) is 19.0. The zero-order valence-electron chi connectivity index (χ0n) is 12.6. The van der Waals surface area contributed by atoms with Crippen molar-refractivity contribution >= 4 is 18.3 Å². The molecule has 2 atom stereocenters. The van der Waals surface area contributed by atoms with E-state index in [1.54, 1.807) is 0 Å². The van der Waals surface area contributed by atoms with Crippen molar-refractivity contribution in [1.82, 2.24) is 10.2 Å². The topological polar surface area (TPSA) is 41.6 Å². The summed E-state index contributed by atoms with van der Waals surface area (Å²) in [6.45, 7) is 0.0925. The lowest BCUT2D eigenvalue weighted by molar-refractivity contribution is -0.141. The second-order valence-electron chi connectivity index (χ2n) is 5.81. The summed E-state index contributed by atoms with van der Waals surface area (Å²) in [4.78, 5) is 13.8. The van der Waals surface area contributed by atoms with E-state index in [9.17, 15) is 22.4 Å². The smallest absolute Gasteiger partial charge is 0.262 e. The van der Waals surface area contributed by atoms with E-state index in [1.807, 2.05) is 0 Å². The summed E-state index contributed by atoms with van der Waals surface area (Å²) in [5.41, 5.74) is 0.408. The van der Waals surface area contributed by atoms with Gasteiger partial charge in [-0.2, -0.15) is 0 Å². The zero-order valence-corrected chi connectivity index (χ0v) is 13.4. The maximum atomic E-state index is 13.3. The second-order valence-corrected chi connectivity index (χ2v) is 5.81. The normalized spacial score (nSPS) is 26.1. The maximum Gasteiger partial charge on any atom is 0.262 e. The van der Waals surface area contributed by atoms with Crippen LogP contribution < -0.4 is 5.32 Å². The molecule has 2 unspecified atom stereocenters. The molecule has 2 heterocycles. The second kappa shape index (κ2) is 7.25. The predicted molar refractivity (Wildman–Crippen MR) is 80.2 cm³/mol. The Morgan fingerprint density at radius 1 is 1.29 bits per heavy atom. The van der Waals surface area contributed by atoms with Gasteiger partial charge in [-0.1, -0.05) is 6.07 Å². The Balaban J connectivity index is 0.00000208. The number of hydrogen-bond acceptors (Lipinski definition) is 3. The number of benzene rings is 1. The molecule has 0 aliphatic carbocycles. The van der Waals surface area contributed by atoms with Crippen LogP contribution in [0.3, 0.4) is 0 Å². The molecule has 2 fully saturated rings. The molecule has 1 aromatic rings. The summed E-state index contributed by atoms with van der Waals surface area (Å²) in [6, 6.07) is 2.48. The lowest BCUT2D eigenvalue weighted by Gasteiger charge is -2.34. The van der Waals surface area contributed by atoms with Crippen LogP contribution in [0.1, 0.15) is 18.1 Å². The van der Waals surface area contributed by atoms with Crippen molar-refractivity contribution in [3.63, 3.8) is 0 Å². The van der Waals surface area contributed by atoms with Crippen molar-refractivity contribution in [1.29, 1.82) is 0 Å². The summed E-state index contributed by atoms with van der Waals surface area (Å²) in [5, 5.41) is 2.52. The average molecular weight is 369 g/mol. The summed E-state index contributed by atoms with van der Waals surface area (Å²) in [7, 11) is 0. The number of carbonyl (C=O) groups is 1. The van der Waals surface area contributed by atoms with Crippen molar-refractivity contribution < 1.29 is 27.1 Å². The molecule has 1 N–H and O–H groups in total. The van der Waals surface area contributed by atoms with Crippen LogP contribution in [0.5, 0.6) is 0 Å². The third kappa shape index (κ3) is 3.99. The minimum absolute atomic E-state index is 0. The molecule has 0 radical (unpaired) electrons. The maximum absolute atomic E-state index is 13.3. The van der Waals surface area contributed by atoms with Crippen LogP contribution in [-0.2, 0) is 9.53 Å². The van der Waals surface area contributed by atoms with Gasteiger partial charge in [-0.3, -0.25) is 10.1 Å². The number of morpholine rings is 1. The van der Waals surface area contributed by atoms with E-state index in [4.69, 9.17) is 4.74 Å². The largest absolute Gasteiger partial charge is 0.370 e. The first-order valence-electron chi connectivity index (χ1n) is 7.32. The Morgan fingerprint density at radius 3 is 2.67 bits per heavy atom. The number of nitrogens with one attached hydrogen (secondary N) is 1. The quantitative estimate of drug-likeness (QED) is 0.814. The molecule has 24 heavy (non-hydrogen) atoms. The SMILES string of the molecule is Cl.O=C(C1CC(F)(F)CN1)N1CCOC(c2ccc(F)c(F)c2)C1. The Morgan fingerprint density at radius 2 is 2.04 bits per heavy atom. The number of carbonyl (C=O) groups excluding carboxylic acids is 1. The van der Waals surface area contributed by atoms with E-state index >= 15 is 0 Å². The molecule has 1 aromatic carbocycles. The number of amides is 1. The molecule has 0 saturated carbocycles. The number of hydrogen-bond donors (Lipinski definition) is 1. The van der Waals surface area contributed by atoms with E-state index in [0.29, 0.717) is 5.56 Å². The molecule has 0 spiro atoms. The van der Waals surface area contributed by atoms with Crippen molar-refractivity contribution in [2.75, 3.05) is 26.2 Å². The molecule has 9 heteroatoms. The number of alkyl halides is 2. The molecule has 0 aromatic heterocycles. The standard InChI is InChI=1S/C15H16F4N2O2.ClH/c16-10-2-1-9(5-11(10)17)13-7-21(3-4-23-13)14(22)12-6-15(18,19)8-20-12;/h1-2,5,12-13,20H,3-4,6-8H2;1H. The lowest BCUT2D eigenvalue weighted by Crippen LogP contribution is -2.49. The van der Waals surface area contributed by atoms with E-state index in [2.05, 4.69) is 5.32 Å². The van der Waals surface area contributed by atoms with Crippen LogP contribution in [0.25, 0.3) is 0 Å². The zero-order chi connectivity index (χ0) is 16.6. The van der Waals surface area contributed by atoms with Gasteiger partial charge in [0.05, 0.1) is 25.7 Å². The Bertz CT molecular complexity index is 617. The predicted octanol–water partition coefficient (Wildman–Crippen LogP) is 2.28. The fourth-order valence-corrected chi connectivity index (χ4v) is 2.87. The minimum atomic E-state index is -2.88. The molecule has 2 aliphatic heterocycles. The molecule has 4 nitrogen and oxygen atoms in total. The van der Waals surface area contributed by atoms with Crippen LogP contribution >= 0.6 is 12.4 Å². The van der Waals surface area contributed by atoms with Gasteiger partial charge in [0.2, 0.25) is 5.91 Å².